The number of rotatable bonds is 7. The summed E-state index contributed by atoms with van der Waals surface area (Å²) in [6.07, 6.45) is 12.3. The third kappa shape index (κ3) is 5.12. The second kappa shape index (κ2) is 9.10. The summed E-state index contributed by atoms with van der Waals surface area (Å²) in [4.78, 5) is 14.6. The first kappa shape index (κ1) is 18.1. The van der Waals surface area contributed by atoms with Gasteiger partial charge in [-0.15, -0.1) is 5.10 Å². The van der Waals surface area contributed by atoms with Crippen molar-refractivity contribution in [3.05, 3.63) is 24.0 Å². The van der Waals surface area contributed by atoms with Crippen molar-refractivity contribution in [3.63, 3.8) is 0 Å². The molecule has 7 heteroatoms. The number of ether oxygens (including phenoxy) is 1. The van der Waals surface area contributed by atoms with Gasteiger partial charge < -0.3 is 15.0 Å². The van der Waals surface area contributed by atoms with Gasteiger partial charge in [-0.05, 0) is 38.0 Å². The summed E-state index contributed by atoms with van der Waals surface area (Å²) < 4.78 is 6.80. The average Bonchev–Trinajstić information content (AvgIpc) is 3.14. The summed E-state index contributed by atoms with van der Waals surface area (Å²) in [6.45, 7) is 4.38. The molecule has 2 aliphatic rings. The van der Waals surface area contributed by atoms with E-state index in [0.29, 0.717) is 24.9 Å². The molecule has 1 aliphatic carbocycles. The Hall–Kier alpha value is -1.73. The number of piperidine rings is 1. The Morgan fingerprint density at radius 1 is 1.32 bits per heavy atom. The zero-order valence-electron chi connectivity index (χ0n) is 15.1. The highest BCUT2D eigenvalue weighted by atomic mass is 16.5. The number of aromatic nitrogens is 3. The normalized spacial score (nSPS) is 22.2. The van der Waals surface area contributed by atoms with E-state index in [1.807, 2.05) is 4.68 Å². The predicted molar refractivity (Wildman–Crippen MR) is 95.4 cm³/mol. The van der Waals surface area contributed by atoms with Crippen molar-refractivity contribution < 1.29 is 9.53 Å². The smallest absolute Gasteiger partial charge is 0.273 e. The molecule has 0 saturated carbocycles. The molecule has 7 nitrogen and oxygen atoms in total. The van der Waals surface area contributed by atoms with Crippen molar-refractivity contribution in [2.45, 2.75) is 38.1 Å². The molecule has 0 aromatic carbocycles. The summed E-state index contributed by atoms with van der Waals surface area (Å²) in [5.41, 5.74) is 0.382. The first-order valence-electron chi connectivity index (χ1n) is 9.32. The summed E-state index contributed by atoms with van der Waals surface area (Å²) in [5, 5.41) is 11.0. The summed E-state index contributed by atoms with van der Waals surface area (Å²) in [5.74, 6) is 0.626. The SMILES string of the molecule is COCCNC(=O)c1cn(C2CCN(C[C@@H]3CC=CCC3)CC2)nn1. The Morgan fingerprint density at radius 3 is 2.88 bits per heavy atom. The zero-order valence-corrected chi connectivity index (χ0v) is 15.1. The molecule has 0 unspecified atom stereocenters. The third-order valence-corrected chi connectivity index (χ3v) is 5.16. The predicted octanol–water partition coefficient (Wildman–Crippen LogP) is 1.65. The molecule has 1 aromatic rings. The van der Waals surface area contributed by atoms with Gasteiger partial charge >= 0.3 is 0 Å². The monoisotopic (exact) mass is 347 g/mol. The van der Waals surface area contributed by atoms with E-state index < -0.39 is 0 Å². The number of amides is 1. The van der Waals surface area contributed by atoms with Crippen LogP contribution in [0.1, 0.15) is 48.6 Å². The second-order valence-electron chi connectivity index (χ2n) is 7.01. The Kier molecular flexibility index (Phi) is 6.58. The molecule has 0 spiro atoms. The first-order chi connectivity index (χ1) is 12.3. The van der Waals surface area contributed by atoms with Gasteiger partial charge in [0.1, 0.15) is 0 Å². The van der Waals surface area contributed by atoms with E-state index in [-0.39, 0.29) is 5.91 Å². The number of carbonyl (C=O) groups is 1. The molecule has 1 N–H and O–H groups in total. The molecule has 25 heavy (non-hydrogen) atoms. The maximum absolute atomic E-state index is 12.0. The number of hydrogen-bond acceptors (Lipinski definition) is 5. The molecule has 138 valence electrons. The number of allylic oxidation sites excluding steroid dienone is 2. The lowest BCUT2D eigenvalue weighted by atomic mass is 9.93. The molecule has 0 bridgehead atoms. The molecular formula is C18H29N5O2. The van der Waals surface area contributed by atoms with Gasteiger partial charge in [0.05, 0.1) is 18.8 Å². The molecule has 3 rings (SSSR count). The lowest BCUT2D eigenvalue weighted by Crippen LogP contribution is -2.38. The minimum absolute atomic E-state index is 0.189. The molecule has 1 saturated heterocycles. The largest absolute Gasteiger partial charge is 0.383 e. The lowest BCUT2D eigenvalue weighted by Gasteiger charge is -2.34. The van der Waals surface area contributed by atoms with Gasteiger partial charge in [0.15, 0.2) is 5.69 Å². The average molecular weight is 347 g/mol. The minimum Gasteiger partial charge on any atom is -0.383 e. The number of nitrogens with one attached hydrogen (secondary N) is 1. The molecule has 1 aromatic heterocycles. The van der Waals surface area contributed by atoms with Crippen molar-refractivity contribution in [2.24, 2.45) is 5.92 Å². The topological polar surface area (TPSA) is 72.3 Å². The zero-order chi connectivity index (χ0) is 17.5. The van der Waals surface area contributed by atoms with Gasteiger partial charge in [0.25, 0.3) is 5.91 Å². The van der Waals surface area contributed by atoms with E-state index in [4.69, 9.17) is 4.74 Å². The summed E-state index contributed by atoms with van der Waals surface area (Å²) >= 11 is 0. The third-order valence-electron chi connectivity index (χ3n) is 5.16. The standard InChI is InChI=1S/C18H29N5O2/c1-25-12-9-19-18(24)17-14-23(21-20-17)16-7-10-22(11-8-16)13-15-5-3-2-4-6-15/h2-3,14-16H,4-13H2,1H3,(H,19,24)/t15-/m1/s1. The van der Waals surface area contributed by atoms with Gasteiger partial charge in [0, 0.05) is 33.3 Å². The highest BCUT2D eigenvalue weighted by molar-refractivity contribution is 5.91. The van der Waals surface area contributed by atoms with Crippen molar-refractivity contribution >= 4 is 5.91 Å². The van der Waals surface area contributed by atoms with E-state index >= 15 is 0 Å². The Labute approximate surface area is 149 Å². The van der Waals surface area contributed by atoms with Gasteiger partial charge in [-0.3, -0.25) is 4.79 Å². The van der Waals surface area contributed by atoms with Crippen LogP contribution in [0.15, 0.2) is 18.3 Å². The van der Waals surface area contributed by atoms with E-state index in [0.717, 1.165) is 31.8 Å². The fourth-order valence-corrected chi connectivity index (χ4v) is 3.67. The van der Waals surface area contributed by atoms with Crippen molar-refractivity contribution in [1.82, 2.24) is 25.2 Å². The quantitative estimate of drug-likeness (QED) is 0.600. The van der Waals surface area contributed by atoms with Gasteiger partial charge in [-0.2, -0.15) is 0 Å². The fraction of sp³-hybridized carbons (Fsp3) is 0.722. The first-order valence-corrected chi connectivity index (χ1v) is 9.32. The van der Waals surface area contributed by atoms with Crippen molar-refractivity contribution in [3.8, 4) is 0 Å². The fourth-order valence-electron chi connectivity index (χ4n) is 3.67. The second-order valence-corrected chi connectivity index (χ2v) is 7.01. The van der Waals surface area contributed by atoms with E-state index in [1.165, 1.54) is 25.8 Å². The number of likely N-dealkylation sites (tertiary alicyclic amines) is 1. The van der Waals surface area contributed by atoms with Crippen LogP contribution < -0.4 is 5.32 Å². The van der Waals surface area contributed by atoms with E-state index in [2.05, 4.69) is 32.7 Å². The van der Waals surface area contributed by atoms with Crippen LogP contribution in [0.2, 0.25) is 0 Å². The van der Waals surface area contributed by atoms with Crippen molar-refractivity contribution in [1.29, 1.82) is 0 Å². The van der Waals surface area contributed by atoms with E-state index in [1.54, 1.807) is 13.3 Å². The van der Waals surface area contributed by atoms with Crippen molar-refractivity contribution in [2.75, 3.05) is 39.9 Å². The highest BCUT2D eigenvalue weighted by Crippen LogP contribution is 2.25. The van der Waals surface area contributed by atoms with Gasteiger partial charge in [0.2, 0.25) is 0 Å². The van der Waals surface area contributed by atoms with Crippen LogP contribution in [0, 0.1) is 5.92 Å². The van der Waals surface area contributed by atoms with Crippen LogP contribution in [-0.4, -0.2) is 65.7 Å². The Bertz CT molecular complexity index is 578. The summed E-state index contributed by atoms with van der Waals surface area (Å²) in [6, 6.07) is 0.343. The van der Waals surface area contributed by atoms with Crippen LogP contribution in [0.3, 0.4) is 0 Å². The van der Waals surface area contributed by atoms with Crippen LogP contribution in [0.25, 0.3) is 0 Å². The number of hydrogen-bond donors (Lipinski definition) is 1. The molecule has 1 aliphatic heterocycles. The van der Waals surface area contributed by atoms with E-state index in [9.17, 15) is 4.79 Å². The molecule has 1 atom stereocenters. The number of carbonyl (C=O) groups excluding carboxylic acids is 1. The van der Waals surface area contributed by atoms with Crippen LogP contribution >= 0.6 is 0 Å². The Morgan fingerprint density at radius 2 is 2.16 bits per heavy atom. The highest BCUT2D eigenvalue weighted by Gasteiger charge is 2.24. The maximum Gasteiger partial charge on any atom is 0.273 e. The molecule has 1 amide bonds. The van der Waals surface area contributed by atoms with Crippen LogP contribution in [0.4, 0.5) is 0 Å². The van der Waals surface area contributed by atoms with Crippen LogP contribution in [0.5, 0.6) is 0 Å². The number of methoxy groups -OCH3 is 1. The molecule has 2 heterocycles. The minimum atomic E-state index is -0.189. The van der Waals surface area contributed by atoms with Crippen LogP contribution in [-0.2, 0) is 4.74 Å². The number of nitrogens with zero attached hydrogens (tertiary/aromatic N) is 4. The molecular weight excluding hydrogens is 318 g/mol. The van der Waals surface area contributed by atoms with Gasteiger partial charge in [-0.1, -0.05) is 17.4 Å². The molecule has 1 fully saturated rings. The van der Waals surface area contributed by atoms with Gasteiger partial charge in [-0.25, -0.2) is 4.68 Å². The summed E-state index contributed by atoms with van der Waals surface area (Å²) in [7, 11) is 1.61. The Balaban J connectivity index is 1.45. The lowest BCUT2D eigenvalue weighted by molar-refractivity contribution is 0.0932. The molecule has 0 radical (unpaired) electrons. The maximum atomic E-state index is 12.0.